The summed E-state index contributed by atoms with van der Waals surface area (Å²) in [6.45, 7) is 6.37. The molecule has 1 aromatic heterocycles. The standard InChI is InChI=1S/C12H15NO3/c1-8(9(2)14)12(16-10(3)15)11-5-6-13(4)7-11/h5-7,12H,1H2,2-4H3. The molecule has 0 saturated carbocycles. The smallest absolute Gasteiger partial charge is 0.303 e. The first-order valence-electron chi connectivity index (χ1n) is 4.90. The molecule has 0 saturated heterocycles. The summed E-state index contributed by atoms with van der Waals surface area (Å²) in [6.07, 6.45) is 2.93. The third-order valence-corrected chi connectivity index (χ3v) is 2.21. The number of aryl methyl sites for hydroxylation is 1. The van der Waals surface area contributed by atoms with Crippen molar-refractivity contribution in [2.45, 2.75) is 20.0 Å². The zero-order valence-electron chi connectivity index (χ0n) is 9.69. The second-order valence-electron chi connectivity index (χ2n) is 3.68. The fourth-order valence-electron chi connectivity index (χ4n) is 1.37. The molecule has 0 aliphatic heterocycles. The highest BCUT2D eigenvalue weighted by Gasteiger charge is 2.22. The average Bonchev–Trinajstić information content (AvgIpc) is 2.59. The van der Waals surface area contributed by atoms with Crippen molar-refractivity contribution < 1.29 is 14.3 Å². The number of aromatic nitrogens is 1. The van der Waals surface area contributed by atoms with E-state index in [-0.39, 0.29) is 11.4 Å². The normalized spacial score (nSPS) is 11.9. The third-order valence-electron chi connectivity index (χ3n) is 2.21. The molecule has 4 heteroatoms. The molecule has 4 nitrogen and oxygen atoms in total. The van der Waals surface area contributed by atoms with Crippen LogP contribution in [0.3, 0.4) is 0 Å². The lowest BCUT2D eigenvalue weighted by atomic mass is 10.0. The predicted octanol–water partition coefficient (Wildman–Crippen LogP) is 1.77. The fraction of sp³-hybridized carbons (Fsp3) is 0.333. The van der Waals surface area contributed by atoms with Gasteiger partial charge in [-0.15, -0.1) is 0 Å². The topological polar surface area (TPSA) is 48.3 Å². The Balaban J connectivity index is 3.00. The average molecular weight is 221 g/mol. The van der Waals surface area contributed by atoms with Crippen molar-refractivity contribution in [1.29, 1.82) is 0 Å². The first-order valence-corrected chi connectivity index (χ1v) is 4.90. The number of ketones is 1. The van der Waals surface area contributed by atoms with Crippen LogP contribution in [-0.4, -0.2) is 16.3 Å². The van der Waals surface area contributed by atoms with Crippen LogP contribution in [0.4, 0.5) is 0 Å². The third kappa shape index (κ3) is 2.82. The molecule has 0 N–H and O–H groups in total. The van der Waals surface area contributed by atoms with Crippen LogP contribution in [0, 0.1) is 0 Å². The molecule has 1 atom stereocenters. The number of ether oxygens (including phenoxy) is 1. The second-order valence-corrected chi connectivity index (χ2v) is 3.68. The van der Waals surface area contributed by atoms with Crippen LogP contribution < -0.4 is 0 Å². The SMILES string of the molecule is C=C(C(C)=O)C(OC(C)=O)c1ccn(C)c1. The monoisotopic (exact) mass is 221 g/mol. The van der Waals surface area contributed by atoms with E-state index < -0.39 is 12.1 Å². The number of carbonyl (C=O) groups excluding carboxylic acids is 2. The molecule has 0 aliphatic rings. The van der Waals surface area contributed by atoms with Crippen LogP contribution in [0.2, 0.25) is 0 Å². The van der Waals surface area contributed by atoms with E-state index in [9.17, 15) is 9.59 Å². The van der Waals surface area contributed by atoms with E-state index in [0.717, 1.165) is 5.56 Å². The lowest BCUT2D eigenvalue weighted by molar-refractivity contribution is -0.145. The molecule has 1 unspecified atom stereocenters. The van der Waals surface area contributed by atoms with E-state index in [1.165, 1.54) is 13.8 Å². The van der Waals surface area contributed by atoms with Gasteiger partial charge in [-0.05, 0) is 13.0 Å². The molecule has 0 amide bonds. The predicted molar refractivity (Wildman–Crippen MR) is 59.7 cm³/mol. The van der Waals surface area contributed by atoms with Gasteiger partial charge in [0.05, 0.1) is 0 Å². The van der Waals surface area contributed by atoms with E-state index in [2.05, 4.69) is 6.58 Å². The van der Waals surface area contributed by atoms with Gasteiger partial charge in [0.15, 0.2) is 11.9 Å². The quantitative estimate of drug-likeness (QED) is 0.575. The van der Waals surface area contributed by atoms with E-state index in [1.54, 1.807) is 12.3 Å². The van der Waals surface area contributed by atoms with Gasteiger partial charge in [0, 0.05) is 37.5 Å². The highest BCUT2D eigenvalue weighted by molar-refractivity contribution is 5.94. The fourth-order valence-corrected chi connectivity index (χ4v) is 1.37. The van der Waals surface area contributed by atoms with Crippen LogP contribution in [0.5, 0.6) is 0 Å². The minimum atomic E-state index is -0.684. The molecule has 86 valence electrons. The lowest BCUT2D eigenvalue weighted by Gasteiger charge is -2.16. The molecule has 0 radical (unpaired) electrons. The minimum Gasteiger partial charge on any atom is -0.453 e. The molecule has 0 aromatic carbocycles. The summed E-state index contributed by atoms with van der Waals surface area (Å²) in [5.41, 5.74) is 1.03. The number of carbonyl (C=O) groups is 2. The summed E-state index contributed by atoms with van der Waals surface area (Å²) in [5, 5.41) is 0. The van der Waals surface area contributed by atoms with Gasteiger partial charge < -0.3 is 9.30 Å². The van der Waals surface area contributed by atoms with Gasteiger partial charge in [0.1, 0.15) is 0 Å². The molecule has 0 spiro atoms. The minimum absolute atomic E-state index is 0.185. The first-order chi connectivity index (χ1) is 7.41. The van der Waals surface area contributed by atoms with Crippen LogP contribution in [-0.2, 0) is 21.4 Å². The Morgan fingerprint density at radius 1 is 1.44 bits per heavy atom. The van der Waals surface area contributed by atoms with Gasteiger partial charge in [0.2, 0.25) is 0 Å². The van der Waals surface area contributed by atoms with Crippen molar-refractivity contribution in [2.75, 3.05) is 0 Å². The lowest BCUT2D eigenvalue weighted by Crippen LogP contribution is -2.14. The molecule has 1 heterocycles. The Kier molecular flexibility index (Phi) is 3.66. The van der Waals surface area contributed by atoms with Gasteiger partial charge in [-0.1, -0.05) is 6.58 Å². The van der Waals surface area contributed by atoms with Gasteiger partial charge in [-0.2, -0.15) is 0 Å². The number of hydrogen-bond donors (Lipinski definition) is 0. The molecular weight excluding hydrogens is 206 g/mol. The molecule has 16 heavy (non-hydrogen) atoms. The van der Waals surface area contributed by atoms with Crippen molar-refractivity contribution in [3.63, 3.8) is 0 Å². The maximum atomic E-state index is 11.2. The molecule has 0 aliphatic carbocycles. The highest BCUT2D eigenvalue weighted by atomic mass is 16.5. The number of rotatable bonds is 4. The number of Topliss-reactive ketones (excluding diaryl/α,β-unsaturated/α-hetero) is 1. The number of nitrogens with zero attached hydrogens (tertiary/aromatic N) is 1. The second kappa shape index (κ2) is 4.79. The Bertz CT molecular complexity index is 431. The van der Waals surface area contributed by atoms with Crippen molar-refractivity contribution >= 4 is 11.8 Å². The van der Waals surface area contributed by atoms with E-state index in [1.807, 2.05) is 17.8 Å². The summed E-state index contributed by atoms with van der Waals surface area (Å²) in [7, 11) is 1.85. The van der Waals surface area contributed by atoms with Gasteiger partial charge >= 0.3 is 5.97 Å². The first kappa shape index (κ1) is 12.2. The van der Waals surface area contributed by atoms with Gasteiger partial charge in [-0.3, -0.25) is 9.59 Å². The zero-order chi connectivity index (χ0) is 12.3. The van der Waals surface area contributed by atoms with Crippen LogP contribution in [0.25, 0.3) is 0 Å². The van der Waals surface area contributed by atoms with Gasteiger partial charge in [-0.25, -0.2) is 0 Å². The molecule has 0 bridgehead atoms. The Morgan fingerprint density at radius 2 is 2.06 bits per heavy atom. The van der Waals surface area contributed by atoms with E-state index in [4.69, 9.17) is 4.74 Å². The van der Waals surface area contributed by atoms with Crippen molar-refractivity contribution in [3.8, 4) is 0 Å². The van der Waals surface area contributed by atoms with Crippen molar-refractivity contribution in [3.05, 3.63) is 36.2 Å². The molecular formula is C12H15NO3. The van der Waals surface area contributed by atoms with Crippen LogP contribution >= 0.6 is 0 Å². The zero-order valence-corrected chi connectivity index (χ0v) is 9.69. The summed E-state index contributed by atoms with van der Waals surface area (Å²) in [4.78, 5) is 22.2. The van der Waals surface area contributed by atoms with Gasteiger partial charge in [0.25, 0.3) is 0 Å². The maximum Gasteiger partial charge on any atom is 0.303 e. The molecule has 1 aromatic rings. The van der Waals surface area contributed by atoms with Crippen molar-refractivity contribution in [1.82, 2.24) is 4.57 Å². The molecule has 1 rings (SSSR count). The molecule has 0 fully saturated rings. The van der Waals surface area contributed by atoms with E-state index >= 15 is 0 Å². The largest absolute Gasteiger partial charge is 0.453 e. The summed E-state index contributed by atoms with van der Waals surface area (Å²) >= 11 is 0. The summed E-state index contributed by atoms with van der Waals surface area (Å²) in [6, 6.07) is 1.79. The highest BCUT2D eigenvalue weighted by Crippen LogP contribution is 2.25. The maximum absolute atomic E-state index is 11.2. The Morgan fingerprint density at radius 3 is 2.44 bits per heavy atom. The summed E-state index contributed by atoms with van der Waals surface area (Å²) in [5.74, 6) is -0.619. The van der Waals surface area contributed by atoms with Crippen LogP contribution in [0.1, 0.15) is 25.5 Å². The Labute approximate surface area is 94.5 Å². The Hall–Kier alpha value is -1.84. The van der Waals surface area contributed by atoms with E-state index in [0.29, 0.717) is 0 Å². The number of hydrogen-bond acceptors (Lipinski definition) is 3. The number of esters is 1. The van der Waals surface area contributed by atoms with Crippen LogP contribution in [0.15, 0.2) is 30.6 Å². The van der Waals surface area contributed by atoms with Crippen molar-refractivity contribution in [2.24, 2.45) is 7.05 Å². The summed E-state index contributed by atoms with van der Waals surface area (Å²) < 4.78 is 6.92.